The maximum Gasteiger partial charge on any atom is 0.226 e. The number of benzene rings is 1. The van der Waals surface area contributed by atoms with Crippen LogP contribution in [0.4, 0.5) is 5.69 Å². The normalized spacial score (nSPS) is 15.8. The molecule has 3 N–H and O–H groups in total. The number of halogens is 1. The van der Waals surface area contributed by atoms with Crippen molar-refractivity contribution in [3.8, 4) is 0 Å². The summed E-state index contributed by atoms with van der Waals surface area (Å²) in [7, 11) is 3.49. The number of hydrogen-bond donors (Lipinski definition) is 3. The number of carbonyl (C=O) groups is 1. The van der Waals surface area contributed by atoms with Gasteiger partial charge in [0.25, 0.3) is 0 Å². The lowest BCUT2D eigenvalue weighted by atomic mass is 9.67. The van der Waals surface area contributed by atoms with Gasteiger partial charge in [-0.3, -0.25) is 9.79 Å². The van der Waals surface area contributed by atoms with Gasteiger partial charge in [-0.1, -0.05) is 24.1 Å². The molecule has 1 saturated carbocycles. The Hall–Kier alpha value is -1.79. The lowest BCUT2D eigenvalue weighted by molar-refractivity contribution is -0.116. The van der Waals surface area contributed by atoms with Gasteiger partial charge in [0.2, 0.25) is 5.91 Å². The first-order valence-corrected chi connectivity index (χ1v) is 9.86. The van der Waals surface area contributed by atoms with Crippen LogP contribution in [0.2, 0.25) is 5.02 Å². The van der Waals surface area contributed by atoms with Gasteiger partial charge in [-0.15, -0.1) is 0 Å². The number of amides is 1. The Morgan fingerprint density at radius 3 is 2.74 bits per heavy atom. The van der Waals surface area contributed by atoms with Crippen LogP contribution in [-0.2, 0) is 9.53 Å². The Kier molecular flexibility index (Phi) is 8.38. The molecule has 6 nitrogen and oxygen atoms in total. The molecule has 1 aliphatic carbocycles. The number of nitrogens with zero attached hydrogens (tertiary/aromatic N) is 1. The molecule has 0 spiro atoms. The van der Waals surface area contributed by atoms with Crippen molar-refractivity contribution in [1.82, 2.24) is 10.6 Å². The summed E-state index contributed by atoms with van der Waals surface area (Å²) in [5.41, 5.74) is 1.94. The predicted molar refractivity (Wildman–Crippen MR) is 112 cm³/mol. The number of hydrogen-bond acceptors (Lipinski definition) is 3. The molecule has 0 heterocycles. The van der Waals surface area contributed by atoms with E-state index >= 15 is 0 Å². The molecule has 1 amide bonds. The van der Waals surface area contributed by atoms with E-state index in [9.17, 15) is 4.79 Å². The maximum atomic E-state index is 12.2. The number of guanidine groups is 1. The monoisotopic (exact) mass is 394 g/mol. The van der Waals surface area contributed by atoms with Gasteiger partial charge in [-0.05, 0) is 49.3 Å². The first kappa shape index (κ1) is 21.5. The minimum absolute atomic E-state index is 0.0566. The van der Waals surface area contributed by atoms with Gasteiger partial charge in [0.05, 0.1) is 0 Å². The molecule has 0 unspecified atom stereocenters. The van der Waals surface area contributed by atoms with Gasteiger partial charge in [-0.2, -0.15) is 0 Å². The Balaban J connectivity index is 1.72. The van der Waals surface area contributed by atoms with Gasteiger partial charge in [0, 0.05) is 51.0 Å². The molecule has 1 aromatic rings. The zero-order valence-corrected chi connectivity index (χ0v) is 17.3. The average molecular weight is 395 g/mol. The second-order valence-corrected chi connectivity index (χ2v) is 7.57. The van der Waals surface area contributed by atoms with E-state index in [1.54, 1.807) is 14.2 Å². The summed E-state index contributed by atoms with van der Waals surface area (Å²) < 4.78 is 5.24. The summed E-state index contributed by atoms with van der Waals surface area (Å²) >= 11 is 6.09. The van der Waals surface area contributed by atoms with Crippen LogP contribution >= 0.6 is 11.6 Å². The summed E-state index contributed by atoms with van der Waals surface area (Å²) in [5, 5.41) is 10.2. The van der Waals surface area contributed by atoms with Crippen LogP contribution < -0.4 is 16.0 Å². The second kappa shape index (κ2) is 10.5. The van der Waals surface area contributed by atoms with E-state index in [-0.39, 0.29) is 5.91 Å². The largest absolute Gasteiger partial charge is 0.385 e. The average Bonchev–Trinajstić information content (AvgIpc) is 2.62. The molecule has 0 saturated heterocycles. The standard InChI is InChI=1S/C20H31ClN4O2/c1-15-16(21)6-4-7-17(15)25-18(26)8-12-23-19(22-2)24-14-20(9-5-10-20)11-13-27-3/h4,6-7H,5,8-14H2,1-3H3,(H,25,26)(H2,22,23,24). The number of rotatable bonds is 9. The van der Waals surface area contributed by atoms with E-state index < -0.39 is 0 Å². The Bertz CT molecular complexity index is 659. The highest BCUT2D eigenvalue weighted by atomic mass is 35.5. The molecule has 0 aromatic heterocycles. The summed E-state index contributed by atoms with van der Waals surface area (Å²) in [6.45, 7) is 4.07. The van der Waals surface area contributed by atoms with Gasteiger partial charge in [-0.25, -0.2) is 0 Å². The number of ether oxygens (including phenoxy) is 1. The van der Waals surface area contributed by atoms with Crippen LogP contribution in [0.5, 0.6) is 0 Å². The highest BCUT2D eigenvalue weighted by Crippen LogP contribution is 2.43. The molecule has 0 bridgehead atoms. The number of carbonyl (C=O) groups excluding carboxylic acids is 1. The van der Waals surface area contributed by atoms with Crippen molar-refractivity contribution in [3.05, 3.63) is 28.8 Å². The lowest BCUT2D eigenvalue weighted by Gasteiger charge is -2.42. The number of nitrogens with one attached hydrogen (secondary N) is 3. The number of anilines is 1. The molecule has 2 rings (SSSR count). The van der Waals surface area contributed by atoms with Crippen molar-refractivity contribution in [3.63, 3.8) is 0 Å². The highest BCUT2D eigenvalue weighted by molar-refractivity contribution is 6.31. The fourth-order valence-corrected chi connectivity index (χ4v) is 3.43. The van der Waals surface area contributed by atoms with Crippen molar-refractivity contribution < 1.29 is 9.53 Å². The molecule has 1 aromatic carbocycles. The lowest BCUT2D eigenvalue weighted by Crippen LogP contribution is -2.47. The van der Waals surface area contributed by atoms with Crippen LogP contribution in [-0.4, -0.2) is 45.7 Å². The van der Waals surface area contributed by atoms with Crippen molar-refractivity contribution in [2.75, 3.05) is 39.2 Å². The quantitative estimate of drug-likeness (QED) is 0.443. The second-order valence-electron chi connectivity index (χ2n) is 7.16. The molecule has 0 radical (unpaired) electrons. The molecule has 0 atom stereocenters. The Morgan fingerprint density at radius 1 is 1.33 bits per heavy atom. The maximum absolute atomic E-state index is 12.2. The van der Waals surface area contributed by atoms with Crippen molar-refractivity contribution >= 4 is 29.2 Å². The third-order valence-corrected chi connectivity index (χ3v) is 5.70. The predicted octanol–water partition coefficient (Wildman–Crippen LogP) is 3.35. The van der Waals surface area contributed by atoms with E-state index in [0.717, 1.165) is 36.8 Å². The zero-order valence-electron chi connectivity index (χ0n) is 16.5. The van der Waals surface area contributed by atoms with E-state index in [1.165, 1.54) is 19.3 Å². The first-order chi connectivity index (χ1) is 13.0. The van der Waals surface area contributed by atoms with Gasteiger partial charge >= 0.3 is 0 Å². The third kappa shape index (κ3) is 6.40. The van der Waals surface area contributed by atoms with Gasteiger partial charge in [0.1, 0.15) is 0 Å². The minimum Gasteiger partial charge on any atom is -0.385 e. The van der Waals surface area contributed by atoms with Crippen molar-refractivity contribution in [1.29, 1.82) is 0 Å². The SMILES string of the molecule is CN=C(NCCC(=O)Nc1cccc(Cl)c1C)NCC1(CCOC)CCC1. The number of methoxy groups -OCH3 is 1. The van der Waals surface area contributed by atoms with Crippen LogP contribution in [0.15, 0.2) is 23.2 Å². The molecule has 150 valence electrons. The van der Waals surface area contributed by atoms with E-state index in [1.807, 2.05) is 25.1 Å². The Morgan fingerprint density at radius 2 is 2.11 bits per heavy atom. The minimum atomic E-state index is -0.0566. The molecular formula is C20H31ClN4O2. The molecule has 1 aliphatic rings. The van der Waals surface area contributed by atoms with Crippen molar-refractivity contribution in [2.24, 2.45) is 10.4 Å². The summed E-state index contributed by atoms with van der Waals surface area (Å²) in [6, 6.07) is 5.49. The number of aliphatic imine (C=N–C) groups is 1. The third-order valence-electron chi connectivity index (χ3n) is 5.29. The zero-order chi connectivity index (χ0) is 19.7. The summed E-state index contributed by atoms with van der Waals surface area (Å²) in [6.07, 6.45) is 5.14. The molecule has 7 heteroatoms. The fraction of sp³-hybridized carbons (Fsp3) is 0.600. The van der Waals surface area contributed by atoms with Crippen LogP contribution in [0, 0.1) is 12.3 Å². The van der Waals surface area contributed by atoms with E-state index in [2.05, 4.69) is 20.9 Å². The van der Waals surface area contributed by atoms with E-state index in [4.69, 9.17) is 16.3 Å². The van der Waals surface area contributed by atoms with Crippen LogP contribution in [0.1, 0.15) is 37.7 Å². The summed E-state index contributed by atoms with van der Waals surface area (Å²) in [5.74, 6) is 0.671. The van der Waals surface area contributed by atoms with Gasteiger partial charge in [0.15, 0.2) is 5.96 Å². The molecule has 27 heavy (non-hydrogen) atoms. The fourth-order valence-electron chi connectivity index (χ4n) is 3.25. The molecular weight excluding hydrogens is 364 g/mol. The van der Waals surface area contributed by atoms with E-state index in [0.29, 0.717) is 23.4 Å². The first-order valence-electron chi connectivity index (χ1n) is 9.48. The molecule has 0 aliphatic heterocycles. The molecule has 1 fully saturated rings. The highest BCUT2D eigenvalue weighted by Gasteiger charge is 2.36. The topological polar surface area (TPSA) is 74.8 Å². The van der Waals surface area contributed by atoms with Crippen molar-refractivity contribution in [2.45, 2.75) is 39.0 Å². The summed E-state index contributed by atoms with van der Waals surface area (Å²) in [4.78, 5) is 16.4. The smallest absolute Gasteiger partial charge is 0.226 e. The van der Waals surface area contributed by atoms with Gasteiger partial charge < -0.3 is 20.7 Å². The Labute approximate surface area is 167 Å². The van der Waals surface area contributed by atoms with Crippen LogP contribution in [0.3, 0.4) is 0 Å². The van der Waals surface area contributed by atoms with Crippen LogP contribution in [0.25, 0.3) is 0 Å².